The summed E-state index contributed by atoms with van der Waals surface area (Å²) in [5, 5.41) is 9.20. The van der Waals surface area contributed by atoms with Crippen molar-refractivity contribution in [3.63, 3.8) is 0 Å². The van der Waals surface area contributed by atoms with Gasteiger partial charge in [-0.3, -0.25) is 4.79 Å². The number of hydrogen-bond donors (Lipinski definition) is 1. The van der Waals surface area contributed by atoms with Crippen LogP contribution in [0.15, 0.2) is 30.3 Å². The van der Waals surface area contributed by atoms with Gasteiger partial charge in [0.25, 0.3) is 5.91 Å². The Labute approximate surface area is 119 Å². The Hall–Kier alpha value is -1.43. The smallest absolute Gasteiger partial charge is 0.256 e. The van der Waals surface area contributed by atoms with E-state index in [0.717, 1.165) is 5.56 Å². The van der Waals surface area contributed by atoms with E-state index in [2.05, 4.69) is 0 Å². The van der Waals surface area contributed by atoms with Crippen LogP contribution < -0.4 is 0 Å². The number of methoxy groups -OCH3 is 1. The molecule has 0 aliphatic carbocycles. The average molecular weight is 279 g/mol. The van der Waals surface area contributed by atoms with Crippen molar-refractivity contribution in [3.8, 4) is 0 Å². The molecule has 1 amide bonds. The van der Waals surface area contributed by atoms with E-state index in [1.807, 2.05) is 37.3 Å². The largest absolute Gasteiger partial charge is 0.394 e. The highest BCUT2D eigenvalue weighted by Crippen LogP contribution is 2.22. The highest BCUT2D eigenvalue weighted by Gasteiger charge is 2.33. The summed E-state index contributed by atoms with van der Waals surface area (Å²) in [5.74, 6) is -0.0899. The molecule has 3 atom stereocenters. The van der Waals surface area contributed by atoms with E-state index in [1.54, 1.807) is 4.90 Å². The van der Waals surface area contributed by atoms with Gasteiger partial charge in [0, 0.05) is 13.7 Å². The number of carbonyl (C=O) groups excluding carboxylic acids is 1. The molecule has 0 spiro atoms. The van der Waals surface area contributed by atoms with Crippen LogP contribution in [-0.4, -0.2) is 54.9 Å². The minimum Gasteiger partial charge on any atom is -0.394 e. The summed E-state index contributed by atoms with van der Waals surface area (Å²) < 4.78 is 10.8. The second-order valence-corrected chi connectivity index (χ2v) is 5.00. The summed E-state index contributed by atoms with van der Waals surface area (Å²) in [6.45, 7) is 2.67. The van der Waals surface area contributed by atoms with Gasteiger partial charge in [-0.1, -0.05) is 30.3 Å². The molecule has 110 valence electrons. The highest BCUT2D eigenvalue weighted by molar-refractivity contribution is 5.82. The van der Waals surface area contributed by atoms with E-state index in [1.165, 1.54) is 7.11 Å². The molecular formula is C15H21NO4. The van der Waals surface area contributed by atoms with Gasteiger partial charge in [0.2, 0.25) is 0 Å². The van der Waals surface area contributed by atoms with E-state index >= 15 is 0 Å². The summed E-state index contributed by atoms with van der Waals surface area (Å²) in [6, 6.07) is 9.40. The zero-order chi connectivity index (χ0) is 14.5. The fourth-order valence-electron chi connectivity index (χ4n) is 2.39. The third kappa shape index (κ3) is 3.17. The highest BCUT2D eigenvalue weighted by atomic mass is 16.5. The van der Waals surface area contributed by atoms with E-state index in [-0.39, 0.29) is 24.7 Å². The van der Waals surface area contributed by atoms with Gasteiger partial charge in [-0.25, -0.2) is 0 Å². The maximum Gasteiger partial charge on any atom is 0.256 e. The molecule has 1 saturated heterocycles. The molecule has 20 heavy (non-hydrogen) atoms. The van der Waals surface area contributed by atoms with Gasteiger partial charge in [-0.2, -0.15) is 0 Å². The lowest BCUT2D eigenvalue weighted by Gasteiger charge is -2.39. The molecule has 0 aromatic heterocycles. The third-order valence-electron chi connectivity index (χ3n) is 3.55. The van der Waals surface area contributed by atoms with Crippen LogP contribution in [0.25, 0.3) is 0 Å². The molecular weight excluding hydrogens is 258 g/mol. The van der Waals surface area contributed by atoms with Crippen LogP contribution in [0.2, 0.25) is 0 Å². The first kappa shape index (κ1) is 15.0. The Morgan fingerprint density at radius 2 is 2.20 bits per heavy atom. The summed E-state index contributed by atoms with van der Waals surface area (Å²) >= 11 is 0. The zero-order valence-corrected chi connectivity index (χ0v) is 11.9. The van der Waals surface area contributed by atoms with Gasteiger partial charge >= 0.3 is 0 Å². The zero-order valence-electron chi connectivity index (χ0n) is 11.9. The standard InChI is InChI=1S/C15H21NO4/c1-11-10-20-13(9-17)8-16(11)15(18)14(19-2)12-6-4-3-5-7-12/h3-7,11,13-14,17H,8-10H2,1-2H3. The predicted molar refractivity (Wildman–Crippen MR) is 74.2 cm³/mol. The van der Waals surface area contributed by atoms with E-state index in [0.29, 0.717) is 13.2 Å². The number of morpholine rings is 1. The number of carbonyl (C=O) groups is 1. The molecule has 1 aromatic carbocycles. The maximum absolute atomic E-state index is 12.7. The molecule has 5 heteroatoms. The Bertz CT molecular complexity index is 437. The summed E-state index contributed by atoms with van der Waals surface area (Å²) in [7, 11) is 1.53. The van der Waals surface area contributed by atoms with Crippen molar-refractivity contribution < 1.29 is 19.4 Å². The SMILES string of the molecule is COC(C(=O)N1CC(CO)OCC1C)c1ccccc1. The topological polar surface area (TPSA) is 59.0 Å². The molecule has 0 bridgehead atoms. The number of benzene rings is 1. The van der Waals surface area contributed by atoms with E-state index in [9.17, 15) is 9.90 Å². The molecule has 3 unspecified atom stereocenters. The van der Waals surface area contributed by atoms with Crippen LogP contribution in [0.5, 0.6) is 0 Å². The summed E-state index contributed by atoms with van der Waals surface area (Å²) in [6.07, 6.45) is -0.931. The molecule has 0 radical (unpaired) electrons. The van der Waals surface area contributed by atoms with Gasteiger partial charge in [-0.05, 0) is 12.5 Å². The lowest BCUT2D eigenvalue weighted by Crippen LogP contribution is -2.53. The Morgan fingerprint density at radius 3 is 2.80 bits per heavy atom. The van der Waals surface area contributed by atoms with Crippen LogP contribution in [0.3, 0.4) is 0 Å². The van der Waals surface area contributed by atoms with Crippen molar-refractivity contribution in [1.29, 1.82) is 0 Å². The van der Waals surface area contributed by atoms with Crippen molar-refractivity contribution in [2.24, 2.45) is 0 Å². The molecule has 2 rings (SSSR count). The molecule has 5 nitrogen and oxygen atoms in total. The number of hydrogen-bond acceptors (Lipinski definition) is 4. The minimum absolute atomic E-state index is 0.0216. The first-order valence-corrected chi connectivity index (χ1v) is 6.78. The fraction of sp³-hybridized carbons (Fsp3) is 0.533. The van der Waals surface area contributed by atoms with Gasteiger partial charge in [-0.15, -0.1) is 0 Å². The fourth-order valence-corrected chi connectivity index (χ4v) is 2.39. The minimum atomic E-state index is -0.615. The molecule has 1 N–H and O–H groups in total. The quantitative estimate of drug-likeness (QED) is 0.892. The van der Waals surface area contributed by atoms with Crippen LogP contribution in [0, 0.1) is 0 Å². The van der Waals surface area contributed by atoms with Gasteiger partial charge in [0.15, 0.2) is 6.10 Å². The summed E-state index contributed by atoms with van der Waals surface area (Å²) in [5.41, 5.74) is 0.833. The summed E-state index contributed by atoms with van der Waals surface area (Å²) in [4.78, 5) is 14.4. The molecule has 1 aliphatic rings. The first-order valence-electron chi connectivity index (χ1n) is 6.78. The monoisotopic (exact) mass is 279 g/mol. The Balaban J connectivity index is 2.15. The van der Waals surface area contributed by atoms with Crippen LogP contribution in [0.1, 0.15) is 18.6 Å². The normalized spacial score (nSPS) is 24.4. The van der Waals surface area contributed by atoms with Crippen molar-refractivity contribution in [2.75, 3.05) is 26.9 Å². The van der Waals surface area contributed by atoms with Crippen molar-refractivity contribution >= 4 is 5.91 Å². The van der Waals surface area contributed by atoms with Crippen LogP contribution in [0.4, 0.5) is 0 Å². The van der Waals surface area contributed by atoms with Crippen LogP contribution in [-0.2, 0) is 14.3 Å². The molecule has 0 saturated carbocycles. The van der Waals surface area contributed by atoms with Gasteiger partial charge < -0.3 is 19.5 Å². The van der Waals surface area contributed by atoms with Gasteiger partial charge in [0.05, 0.1) is 25.4 Å². The average Bonchev–Trinajstić information content (AvgIpc) is 2.49. The van der Waals surface area contributed by atoms with Crippen molar-refractivity contribution in [2.45, 2.75) is 25.2 Å². The van der Waals surface area contributed by atoms with Crippen LogP contribution >= 0.6 is 0 Å². The number of rotatable bonds is 4. The third-order valence-corrected chi connectivity index (χ3v) is 3.55. The number of amides is 1. The second kappa shape index (κ2) is 6.83. The number of nitrogens with zero attached hydrogens (tertiary/aromatic N) is 1. The maximum atomic E-state index is 12.7. The van der Waals surface area contributed by atoms with E-state index < -0.39 is 6.10 Å². The van der Waals surface area contributed by atoms with Crippen molar-refractivity contribution in [1.82, 2.24) is 4.90 Å². The van der Waals surface area contributed by atoms with E-state index in [4.69, 9.17) is 9.47 Å². The number of ether oxygens (including phenoxy) is 2. The number of aliphatic hydroxyl groups excluding tert-OH is 1. The Morgan fingerprint density at radius 1 is 1.50 bits per heavy atom. The van der Waals surface area contributed by atoms with Gasteiger partial charge in [0.1, 0.15) is 0 Å². The lowest BCUT2D eigenvalue weighted by molar-refractivity contribution is -0.156. The molecule has 1 aromatic rings. The molecule has 1 aliphatic heterocycles. The lowest BCUT2D eigenvalue weighted by atomic mass is 10.1. The number of aliphatic hydroxyl groups is 1. The second-order valence-electron chi connectivity index (χ2n) is 5.00. The molecule has 1 heterocycles. The molecule has 1 fully saturated rings. The first-order chi connectivity index (χ1) is 9.67. The van der Waals surface area contributed by atoms with Crippen molar-refractivity contribution in [3.05, 3.63) is 35.9 Å². The Kier molecular flexibility index (Phi) is 5.11. The predicted octanol–water partition coefficient (Wildman–Crippen LogP) is 0.982.